The van der Waals surface area contributed by atoms with Crippen molar-refractivity contribution in [3.63, 3.8) is 0 Å². The van der Waals surface area contributed by atoms with E-state index in [9.17, 15) is 13.2 Å². The van der Waals surface area contributed by atoms with Crippen molar-refractivity contribution in [2.45, 2.75) is 52.1 Å². The van der Waals surface area contributed by atoms with Crippen LogP contribution >= 0.6 is 0 Å². The topological polar surface area (TPSA) is 34.1 Å². The third-order valence-corrected chi connectivity index (χ3v) is 2.34. The second-order valence-corrected chi connectivity index (χ2v) is 5.37. The van der Waals surface area contributed by atoms with Crippen LogP contribution in [0, 0.1) is 0 Å². The SMILES string of the molecule is CC(Oc1cccc(CNC(C)(C)C)n1)C(F)(F)F. The molecule has 0 saturated carbocycles. The van der Waals surface area contributed by atoms with Crippen molar-refractivity contribution in [1.82, 2.24) is 10.3 Å². The Kier molecular flexibility index (Phi) is 4.79. The van der Waals surface area contributed by atoms with Crippen LogP contribution in [0.1, 0.15) is 33.4 Å². The van der Waals surface area contributed by atoms with Crippen LogP contribution in [0.5, 0.6) is 5.88 Å². The van der Waals surface area contributed by atoms with E-state index in [2.05, 4.69) is 10.3 Å². The Morgan fingerprint density at radius 2 is 1.89 bits per heavy atom. The van der Waals surface area contributed by atoms with Gasteiger partial charge in [-0.15, -0.1) is 0 Å². The van der Waals surface area contributed by atoms with Crippen molar-refractivity contribution in [1.29, 1.82) is 0 Å². The van der Waals surface area contributed by atoms with Crippen LogP contribution in [0.25, 0.3) is 0 Å². The lowest BCUT2D eigenvalue weighted by atomic mass is 10.1. The van der Waals surface area contributed by atoms with Crippen LogP contribution < -0.4 is 10.1 Å². The van der Waals surface area contributed by atoms with Gasteiger partial charge in [0.15, 0.2) is 6.10 Å². The quantitative estimate of drug-likeness (QED) is 0.916. The molecule has 1 heterocycles. The van der Waals surface area contributed by atoms with E-state index in [0.717, 1.165) is 6.92 Å². The predicted molar refractivity (Wildman–Crippen MR) is 67.0 cm³/mol. The molecule has 0 amide bonds. The van der Waals surface area contributed by atoms with Crippen LogP contribution in [0.15, 0.2) is 18.2 Å². The van der Waals surface area contributed by atoms with E-state index in [0.29, 0.717) is 12.2 Å². The molecule has 0 fully saturated rings. The van der Waals surface area contributed by atoms with Gasteiger partial charge >= 0.3 is 6.18 Å². The molecule has 0 aliphatic rings. The molecule has 1 aromatic heterocycles. The summed E-state index contributed by atoms with van der Waals surface area (Å²) in [6, 6.07) is 4.79. The first-order chi connectivity index (χ1) is 8.58. The highest BCUT2D eigenvalue weighted by atomic mass is 19.4. The summed E-state index contributed by atoms with van der Waals surface area (Å²) in [5.41, 5.74) is 0.555. The first kappa shape index (κ1) is 15.8. The van der Waals surface area contributed by atoms with Gasteiger partial charge in [-0.3, -0.25) is 0 Å². The Bertz CT molecular complexity index is 413. The minimum absolute atomic E-state index is 0.0157. The van der Waals surface area contributed by atoms with E-state index in [1.54, 1.807) is 12.1 Å². The van der Waals surface area contributed by atoms with Crippen molar-refractivity contribution in [3.05, 3.63) is 23.9 Å². The van der Waals surface area contributed by atoms with Gasteiger partial charge in [0.05, 0.1) is 5.69 Å². The molecule has 1 unspecified atom stereocenters. The van der Waals surface area contributed by atoms with Crippen LogP contribution in [-0.4, -0.2) is 22.8 Å². The fraction of sp³-hybridized carbons (Fsp3) is 0.615. The molecule has 108 valence electrons. The van der Waals surface area contributed by atoms with Gasteiger partial charge in [0.1, 0.15) is 0 Å². The maximum absolute atomic E-state index is 12.4. The summed E-state index contributed by atoms with van der Waals surface area (Å²) in [5.74, 6) is -0.0157. The Balaban J connectivity index is 2.67. The molecule has 1 rings (SSSR count). The summed E-state index contributed by atoms with van der Waals surface area (Å²) < 4.78 is 41.9. The normalized spacial score (nSPS) is 14.3. The van der Waals surface area contributed by atoms with E-state index in [4.69, 9.17) is 4.74 Å². The van der Waals surface area contributed by atoms with Crippen molar-refractivity contribution in [2.24, 2.45) is 0 Å². The van der Waals surface area contributed by atoms with Gasteiger partial charge in [0.25, 0.3) is 0 Å². The van der Waals surface area contributed by atoms with E-state index in [1.165, 1.54) is 6.07 Å². The molecule has 0 radical (unpaired) electrons. The maximum atomic E-state index is 12.4. The summed E-state index contributed by atoms with van der Waals surface area (Å²) in [7, 11) is 0. The van der Waals surface area contributed by atoms with E-state index in [-0.39, 0.29) is 11.4 Å². The molecular formula is C13H19F3N2O. The van der Waals surface area contributed by atoms with Crippen LogP contribution in [0.4, 0.5) is 13.2 Å². The summed E-state index contributed by atoms with van der Waals surface area (Å²) in [4.78, 5) is 4.04. The number of nitrogens with zero attached hydrogens (tertiary/aromatic N) is 1. The largest absolute Gasteiger partial charge is 0.465 e. The van der Waals surface area contributed by atoms with E-state index in [1.807, 2.05) is 20.8 Å². The molecule has 1 N–H and O–H groups in total. The molecule has 3 nitrogen and oxygen atoms in total. The predicted octanol–water partition coefficient (Wildman–Crippen LogP) is 3.30. The summed E-state index contributed by atoms with van der Waals surface area (Å²) in [6.07, 6.45) is -6.26. The van der Waals surface area contributed by atoms with Crippen LogP contribution in [0.3, 0.4) is 0 Å². The van der Waals surface area contributed by atoms with Crippen molar-refractivity contribution in [2.75, 3.05) is 0 Å². The van der Waals surface area contributed by atoms with E-state index >= 15 is 0 Å². The highest BCUT2D eigenvalue weighted by Gasteiger charge is 2.38. The molecule has 0 aliphatic heterocycles. The Labute approximate surface area is 111 Å². The summed E-state index contributed by atoms with van der Waals surface area (Å²) >= 11 is 0. The number of halogens is 3. The van der Waals surface area contributed by atoms with Gasteiger partial charge in [-0.2, -0.15) is 13.2 Å². The molecule has 0 aliphatic carbocycles. The maximum Gasteiger partial charge on any atom is 0.425 e. The van der Waals surface area contributed by atoms with Crippen molar-refractivity contribution in [3.8, 4) is 5.88 Å². The van der Waals surface area contributed by atoms with Crippen LogP contribution in [-0.2, 0) is 6.54 Å². The lowest BCUT2D eigenvalue weighted by Gasteiger charge is -2.21. The number of pyridine rings is 1. The van der Waals surface area contributed by atoms with Crippen LogP contribution in [0.2, 0.25) is 0 Å². The van der Waals surface area contributed by atoms with E-state index < -0.39 is 12.3 Å². The molecule has 0 spiro atoms. The zero-order valence-electron chi connectivity index (χ0n) is 11.5. The Hall–Kier alpha value is -1.30. The number of nitrogens with one attached hydrogen (secondary N) is 1. The minimum Gasteiger partial charge on any atom is -0.465 e. The number of ether oxygens (including phenoxy) is 1. The van der Waals surface area contributed by atoms with Gasteiger partial charge in [-0.05, 0) is 33.8 Å². The number of aromatic nitrogens is 1. The molecule has 6 heteroatoms. The fourth-order valence-corrected chi connectivity index (χ4v) is 1.23. The number of hydrogen-bond acceptors (Lipinski definition) is 3. The lowest BCUT2D eigenvalue weighted by molar-refractivity contribution is -0.190. The average molecular weight is 276 g/mol. The summed E-state index contributed by atoms with van der Waals surface area (Å²) in [6.45, 7) is 7.43. The van der Waals surface area contributed by atoms with Gasteiger partial charge in [-0.25, -0.2) is 4.98 Å². The van der Waals surface area contributed by atoms with Crippen molar-refractivity contribution >= 4 is 0 Å². The molecular weight excluding hydrogens is 257 g/mol. The van der Waals surface area contributed by atoms with Gasteiger partial charge in [0, 0.05) is 18.2 Å². The second kappa shape index (κ2) is 5.77. The molecule has 19 heavy (non-hydrogen) atoms. The number of alkyl halides is 3. The molecule has 0 aromatic carbocycles. The second-order valence-electron chi connectivity index (χ2n) is 5.37. The van der Waals surface area contributed by atoms with Gasteiger partial charge < -0.3 is 10.1 Å². The third-order valence-electron chi connectivity index (χ3n) is 2.34. The zero-order valence-corrected chi connectivity index (χ0v) is 11.5. The summed E-state index contributed by atoms with van der Waals surface area (Å²) in [5, 5.41) is 3.21. The highest BCUT2D eigenvalue weighted by molar-refractivity contribution is 5.16. The third kappa shape index (κ3) is 5.92. The Morgan fingerprint density at radius 3 is 2.42 bits per heavy atom. The standard InChI is InChI=1S/C13H19F3N2O/c1-9(13(14,15)16)19-11-7-5-6-10(18-11)8-17-12(2,3)4/h5-7,9,17H,8H2,1-4H3. The van der Waals surface area contributed by atoms with Gasteiger partial charge in [0.2, 0.25) is 5.88 Å². The minimum atomic E-state index is -4.39. The molecule has 1 atom stereocenters. The Morgan fingerprint density at radius 1 is 1.26 bits per heavy atom. The monoisotopic (exact) mass is 276 g/mol. The highest BCUT2D eigenvalue weighted by Crippen LogP contribution is 2.23. The van der Waals surface area contributed by atoms with Gasteiger partial charge in [-0.1, -0.05) is 6.07 Å². The number of hydrogen-bond donors (Lipinski definition) is 1. The first-order valence-corrected chi connectivity index (χ1v) is 6.02. The smallest absolute Gasteiger partial charge is 0.425 e. The molecule has 1 aromatic rings. The molecule has 0 bridgehead atoms. The van der Waals surface area contributed by atoms with Crippen molar-refractivity contribution < 1.29 is 17.9 Å². The first-order valence-electron chi connectivity index (χ1n) is 6.02. The lowest BCUT2D eigenvalue weighted by Crippen LogP contribution is -2.35. The fourth-order valence-electron chi connectivity index (χ4n) is 1.23. The molecule has 0 saturated heterocycles. The zero-order chi connectivity index (χ0) is 14.7. The number of rotatable bonds is 4. The average Bonchev–Trinajstić information content (AvgIpc) is 2.25.